The van der Waals surface area contributed by atoms with Gasteiger partial charge in [0.1, 0.15) is 16.2 Å². The first-order valence-electron chi connectivity index (χ1n) is 8.86. The molecule has 4 aromatic rings. The van der Waals surface area contributed by atoms with E-state index in [1.165, 1.54) is 16.9 Å². The second kappa shape index (κ2) is 8.08. The summed E-state index contributed by atoms with van der Waals surface area (Å²) in [4.78, 5) is 9.15. The van der Waals surface area contributed by atoms with Gasteiger partial charge in [0.05, 0.1) is 16.8 Å². The average molecular weight is 481 g/mol. The minimum atomic E-state index is 0.360. The maximum Gasteiger partial charge on any atom is 0.137 e. The van der Waals surface area contributed by atoms with Gasteiger partial charge in [0.25, 0.3) is 0 Å². The highest BCUT2D eigenvalue weighted by Gasteiger charge is 2.12. The first kappa shape index (κ1) is 19.8. The number of fused-ring (bicyclic) bond motifs is 1. The summed E-state index contributed by atoms with van der Waals surface area (Å²) < 4.78 is 0.961. The Morgan fingerprint density at radius 1 is 1.14 bits per heavy atom. The van der Waals surface area contributed by atoms with Crippen molar-refractivity contribution in [1.29, 1.82) is 5.26 Å². The van der Waals surface area contributed by atoms with Crippen molar-refractivity contribution in [2.24, 2.45) is 0 Å². The first-order valence-corrected chi connectivity index (χ1v) is 10.9. The molecular weight excluding hydrogens is 466 g/mol. The van der Waals surface area contributed by atoms with Crippen LogP contribution in [0.2, 0.25) is 5.15 Å². The van der Waals surface area contributed by atoms with Crippen molar-refractivity contribution in [1.82, 2.24) is 9.97 Å². The Hall–Kier alpha value is -2.52. The van der Waals surface area contributed by atoms with Crippen molar-refractivity contribution in [2.75, 3.05) is 0 Å². The lowest BCUT2D eigenvalue weighted by atomic mass is 10.0. The lowest BCUT2D eigenvalue weighted by Crippen LogP contribution is -1.88. The number of rotatable bonds is 3. The van der Waals surface area contributed by atoms with E-state index in [9.17, 15) is 5.26 Å². The van der Waals surface area contributed by atoms with Crippen LogP contribution >= 0.6 is 38.9 Å². The van der Waals surface area contributed by atoms with Crippen molar-refractivity contribution in [3.8, 4) is 17.3 Å². The monoisotopic (exact) mass is 479 g/mol. The summed E-state index contributed by atoms with van der Waals surface area (Å²) in [5, 5.41) is 13.7. The molecule has 0 bridgehead atoms. The lowest BCUT2D eigenvalue weighted by molar-refractivity contribution is 1.32. The van der Waals surface area contributed by atoms with E-state index in [2.05, 4.69) is 59.0 Å². The second-order valence-electron chi connectivity index (χ2n) is 6.73. The molecule has 0 saturated carbocycles. The molecular formula is C23H15BrClN3S. The van der Waals surface area contributed by atoms with Crippen LogP contribution in [0.3, 0.4) is 0 Å². The van der Waals surface area contributed by atoms with Gasteiger partial charge < -0.3 is 0 Å². The Labute approximate surface area is 186 Å². The average Bonchev–Trinajstić information content (AvgIpc) is 3.16. The number of aryl methyl sites for hydroxylation is 2. The van der Waals surface area contributed by atoms with Crippen LogP contribution in [0.1, 0.15) is 21.7 Å². The molecule has 2 aromatic carbocycles. The second-order valence-corrected chi connectivity index (χ2v) is 8.86. The van der Waals surface area contributed by atoms with E-state index in [-0.39, 0.29) is 0 Å². The Balaban J connectivity index is 1.76. The summed E-state index contributed by atoms with van der Waals surface area (Å²) in [5.41, 5.74) is 6.28. The molecule has 0 aliphatic rings. The number of hydrogen-bond acceptors (Lipinski definition) is 4. The molecule has 142 valence electrons. The molecule has 29 heavy (non-hydrogen) atoms. The molecule has 0 aliphatic carbocycles. The molecule has 0 radical (unpaired) electrons. The van der Waals surface area contributed by atoms with Gasteiger partial charge in [0.2, 0.25) is 0 Å². The Bertz CT molecular complexity index is 1320. The van der Waals surface area contributed by atoms with Crippen LogP contribution in [0.5, 0.6) is 0 Å². The zero-order chi connectivity index (χ0) is 20.5. The predicted octanol–water partition coefficient (Wildman–Crippen LogP) is 7.46. The zero-order valence-corrected chi connectivity index (χ0v) is 18.9. The molecule has 0 spiro atoms. The third kappa shape index (κ3) is 4.11. The number of halogens is 2. The van der Waals surface area contributed by atoms with Gasteiger partial charge in [-0.05, 0) is 49.8 Å². The third-order valence-electron chi connectivity index (χ3n) is 4.57. The summed E-state index contributed by atoms with van der Waals surface area (Å²) in [6.45, 7) is 4.14. The standard InChI is InChI=1S/C23H15BrClN3S/c1-13-3-5-19(14(2)7-13)21-12-29-23(28-21)17(11-26)9-16-8-15-10-18(24)4-6-20(15)27-22(16)25/h3-10,12H,1-2H3/b17-9+. The molecule has 6 heteroatoms. The molecule has 2 heterocycles. The van der Waals surface area contributed by atoms with Crippen molar-refractivity contribution in [3.05, 3.63) is 79.2 Å². The van der Waals surface area contributed by atoms with Gasteiger partial charge in [-0.25, -0.2) is 9.97 Å². The normalized spacial score (nSPS) is 11.6. The highest BCUT2D eigenvalue weighted by molar-refractivity contribution is 9.10. The van der Waals surface area contributed by atoms with Gasteiger partial charge in [-0.3, -0.25) is 0 Å². The molecule has 4 rings (SSSR count). The van der Waals surface area contributed by atoms with Crippen molar-refractivity contribution >= 4 is 61.4 Å². The van der Waals surface area contributed by atoms with E-state index < -0.39 is 0 Å². The molecule has 0 saturated heterocycles. The van der Waals surface area contributed by atoms with Gasteiger partial charge in [-0.1, -0.05) is 51.3 Å². The van der Waals surface area contributed by atoms with Crippen LogP contribution in [-0.2, 0) is 0 Å². The van der Waals surface area contributed by atoms with E-state index in [0.717, 1.165) is 32.2 Å². The number of thiazole rings is 1. The molecule has 0 unspecified atom stereocenters. The number of pyridine rings is 1. The van der Waals surface area contributed by atoms with Crippen LogP contribution in [-0.4, -0.2) is 9.97 Å². The van der Waals surface area contributed by atoms with Crippen LogP contribution in [0.15, 0.2) is 52.3 Å². The van der Waals surface area contributed by atoms with Gasteiger partial charge in [-0.2, -0.15) is 5.26 Å². The predicted molar refractivity (Wildman–Crippen MR) is 125 cm³/mol. The summed E-state index contributed by atoms with van der Waals surface area (Å²) in [5.74, 6) is 0. The van der Waals surface area contributed by atoms with E-state index >= 15 is 0 Å². The highest BCUT2D eigenvalue weighted by atomic mass is 79.9. The van der Waals surface area contributed by atoms with E-state index in [0.29, 0.717) is 21.3 Å². The van der Waals surface area contributed by atoms with E-state index in [1.54, 1.807) is 6.08 Å². The van der Waals surface area contributed by atoms with Gasteiger partial charge >= 0.3 is 0 Å². The van der Waals surface area contributed by atoms with Crippen LogP contribution < -0.4 is 0 Å². The number of benzene rings is 2. The van der Waals surface area contributed by atoms with Gasteiger partial charge in [0, 0.05) is 26.4 Å². The fourth-order valence-electron chi connectivity index (χ4n) is 3.16. The Morgan fingerprint density at radius 3 is 2.72 bits per heavy atom. The van der Waals surface area contributed by atoms with E-state index in [4.69, 9.17) is 16.6 Å². The smallest absolute Gasteiger partial charge is 0.137 e. The quantitative estimate of drug-likeness (QED) is 0.226. The molecule has 0 amide bonds. The number of nitriles is 1. The number of hydrogen-bond donors (Lipinski definition) is 0. The van der Waals surface area contributed by atoms with Crippen molar-refractivity contribution in [3.63, 3.8) is 0 Å². The largest absolute Gasteiger partial charge is 0.235 e. The van der Waals surface area contributed by atoms with Crippen molar-refractivity contribution in [2.45, 2.75) is 13.8 Å². The maximum absolute atomic E-state index is 9.74. The first-order chi connectivity index (χ1) is 13.9. The fourth-order valence-corrected chi connectivity index (χ4v) is 4.53. The van der Waals surface area contributed by atoms with E-state index in [1.807, 2.05) is 29.6 Å². The van der Waals surface area contributed by atoms with Gasteiger partial charge in [0.15, 0.2) is 0 Å². The van der Waals surface area contributed by atoms with Crippen LogP contribution in [0, 0.1) is 25.2 Å². The molecule has 0 N–H and O–H groups in total. The molecule has 0 aliphatic heterocycles. The number of aromatic nitrogens is 2. The molecule has 0 atom stereocenters. The Kier molecular flexibility index (Phi) is 5.51. The molecule has 3 nitrogen and oxygen atoms in total. The lowest BCUT2D eigenvalue weighted by Gasteiger charge is -2.04. The fraction of sp³-hybridized carbons (Fsp3) is 0.0870. The van der Waals surface area contributed by atoms with Crippen molar-refractivity contribution < 1.29 is 0 Å². The molecule has 2 aromatic heterocycles. The highest BCUT2D eigenvalue weighted by Crippen LogP contribution is 2.31. The third-order valence-corrected chi connectivity index (χ3v) is 6.24. The summed E-state index contributed by atoms with van der Waals surface area (Å²) in [6.07, 6.45) is 1.75. The number of nitrogens with zero attached hydrogens (tertiary/aromatic N) is 3. The topological polar surface area (TPSA) is 49.6 Å². The minimum Gasteiger partial charge on any atom is -0.235 e. The summed E-state index contributed by atoms with van der Waals surface area (Å²) in [7, 11) is 0. The SMILES string of the molecule is Cc1ccc(-c2csc(/C(C#N)=C/c3cc4cc(Br)ccc4nc3Cl)n2)c(C)c1. The van der Waals surface area contributed by atoms with Gasteiger partial charge in [-0.15, -0.1) is 11.3 Å². The molecule has 0 fully saturated rings. The summed E-state index contributed by atoms with van der Waals surface area (Å²) >= 11 is 11.3. The van der Waals surface area contributed by atoms with Crippen LogP contribution in [0.25, 0.3) is 33.8 Å². The summed E-state index contributed by atoms with van der Waals surface area (Å²) in [6, 6.07) is 16.3. The Morgan fingerprint density at radius 2 is 1.97 bits per heavy atom. The minimum absolute atomic E-state index is 0.360. The zero-order valence-electron chi connectivity index (χ0n) is 15.7. The number of allylic oxidation sites excluding steroid dienone is 1. The van der Waals surface area contributed by atoms with Crippen LogP contribution in [0.4, 0.5) is 0 Å². The maximum atomic E-state index is 9.74.